The Morgan fingerprint density at radius 2 is 1.41 bits per heavy atom. The van der Waals surface area contributed by atoms with Gasteiger partial charge in [0.05, 0.1) is 42.6 Å². The summed E-state index contributed by atoms with van der Waals surface area (Å²) in [5.74, 6) is 0.949. The van der Waals surface area contributed by atoms with Crippen LogP contribution in [0.5, 0.6) is 5.75 Å². The van der Waals surface area contributed by atoms with Gasteiger partial charge < -0.3 is 9.47 Å². The quantitative estimate of drug-likeness (QED) is 0.197. The Morgan fingerprint density at radius 3 is 1.97 bits per heavy atom. The number of aromatic nitrogens is 2. The normalized spacial score (nSPS) is 11.7. The third kappa shape index (κ3) is 7.68. The van der Waals surface area contributed by atoms with Crippen LogP contribution in [0.3, 0.4) is 0 Å². The van der Waals surface area contributed by atoms with Crippen molar-refractivity contribution in [1.82, 2.24) is 9.97 Å². The van der Waals surface area contributed by atoms with Crippen LogP contribution in [0, 0.1) is 5.92 Å². The Labute approximate surface area is 203 Å². The molecule has 3 aromatic rings. The summed E-state index contributed by atoms with van der Waals surface area (Å²) in [6, 6.07) is 15.3. The third-order valence-electron chi connectivity index (χ3n) is 5.93. The SMILES string of the molecule is CCCCCCCOc1ccc(-c2cnc(-c3ccc(C(=O)OCC(C)CC)cc3)cn2)cc1. The molecule has 180 valence electrons. The summed E-state index contributed by atoms with van der Waals surface area (Å²) >= 11 is 0. The molecule has 5 nitrogen and oxygen atoms in total. The number of carbonyl (C=O) groups is 1. The average molecular weight is 461 g/mol. The number of hydrogen-bond donors (Lipinski definition) is 0. The fraction of sp³-hybridized carbons (Fsp3) is 0.414. The van der Waals surface area contributed by atoms with E-state index in [0.717, 1.165) is 47.7 Å². The Morgan fingerprint density at radius 1 is 0.824 bits per heavy atom. The fourth-order valence-electron chi connectivity index (χ4n) is 3.44. The van der Waals surface area contributed by atoms with E-state index >= 15 is 0 Å². The molecule has 1 unspecified atom stereocenters. The number of rotatable bonds is 13. The van der Waals surface area contributed by atoms with E-state index in [1.54, 1.807) is 24.5 Å². The fourth-order valence-corrected chi connectivity index (χ4v) is 3.44. The predicted molar refractivity (Wildman–Crippen MR) is 137 cm³/mol. The van der Waals surface area contributed by atoms with Crippen molar-refractivity contribution >= 4 is 5.97 Å². The van der Waals surface area contributed by atoms with Crippen LogP contribution in [0.25, 0.3) is 22.5 Å². The Bertz CT molecular complexity index is 999. The number of unbranched alkanes of at least 4 members (excludes halogenated alkanes) is 4. The van der Waals surface area contributed by atoms with Crippen molar-refractivity contribution in [1.29, 1.82) is 0 Å². The van der Waals surface area contributed by atoms with Crippen molar-refractivity contribution < 1.29 is 14.3 Å². The van der Waals surface area contributed by atoms with E-state index < -0.39 is 0 Å². The molecule has 1 heterocycles. The molecule has 0 spiro atoms. The van der Waals surface area contributed by atoms with Gasteiger partial charge in [-0.15, -0.1) is 0 Å². The minimum Gasteiger partial charge on any atom is -0.494 e. The van der Waals surface area contributed by atoms with Gasteiger partial charge in [0.15, 0.2) is 0 Å². The third-order valence-corrected chi connectivity index (χ3v) is 5.93. The van der Waals surface area contributed by atoms with Gasteiger partial charge in [-0.2, -0.15) is 0 Å². The molecule has 0 N–H and O–H groups in total. The highest BCUT2D eigenvalue weighted by molar-refractivity contribution is 5.90. The summed E-state index contributed by atoms with van der Waals surface area (Å²) in [7, 11) is 0. The molecule has 2 aromatic carbocycles. The standard InChI is InChI=1S/C29H36N2O3/c1-4-6-7-8-9-18-33-26-16-14-24(15-17-26)28-20-30-27(19-31-28)23-10-12-25(13-11-23)29(32)34-21-22(3)5-2/h10-17,19-20,22H,4-9,18,21H2,1-3H3. The molecule has 0 radical (unpaired) electrons. The maximum Gasteiger partial charge on any atom is 0.338 e. The molecule has 0 aliphatic carbocycles. The molecule has 0 amide bonds. The van der Waals surface area contributed by atoms with E-state index in [1.165, 1.54) is 25.7 Å². The molecule has 1 atom stereocenters. The molecule has 34 heavy (non-hydrogen) atoms. The van der Waals surface area contributed by atoms with Crippen molar-refractivity contribution in [3.63, 3.8) is 0 Å². The summed E-state index contributed by atoms with van der Waals surface area (Å²) in [5.41, 5.74) is 4.00. The van der Waals surface area contributed by atoms with Crippen LogP contribution in [0.15, 0.2) is 60.9 Å². The summed E-state index contributed by atoms with van der Waals surface area (Å²) in [5, 5.41) is 0. The van der Waals surface area contributed by atoms with Gasteiger partial charge in [-0.25, -0.2) is 4.79 Å². The first kappa shape index (κ1) is 25.4. The minimum absolute atomic E-state index is 0.294. The van der Waals surface area contributed by atoms with Gasteiger partial charge in [-0.3, -0.25) is 9.97 Å². The maximum atomic E-state index is 12.2. The first-order valence-corrected chi connectivity index (χ1v) is 12.4. The van der Waals surface area contributed by atoms with E-state index in [2.05, 4.69) is 30.7 Å². The Kier molecular flexibility index (Phi) is 10.1. The van der Waals surface area contributed by atoms with Crippen LogP contribution in [0.4, 0.5) is 0 Å². The zero-order valence-electron chi connectivity index (χ0n) is 20.6. The van der Waals surface area contributed by atoms with Crippen molar-refractivity contribution in [2.75, 3.05) is 13.2 Å². The second kappa shape index (κ2) is 13.5. The molecule has 0 fully saturated rings. The summed E-state index contributed by atoms with van der Waals surface area (Å²) in [6.45, 7) is 7.57. The summed E-state index contributed by atoms with van der Waals surface area (Å²) in [6.07, 6.45) is 10.7. The van der Waals surface area contributed by atoms with Gasteiger partial charge >= 0.3 is 5.97 Å². The number of hydrogen-bond acceptors (Lipinski definition) is 5. The largest absolute Gasteiger partial charge is 0.494 e. The van der Waals surface area contributed by atoms with Crippen LogP contribution < -0.4 is 4.74 Å². The maximum absolute atomic E-state index is 12.2. The number of benzene rings is 2. The Balaban J connectivity index is 1.54. The lowest BCUT2D eigenvalue weighted by molar-refractivity contribution is 0.0447. The number of carbonyl (C=O) groups excluding carboxylic acids is 1. The van der Waals surface area contributed by atoms with Crippen LogP contribution in [-0.4, -0.2) is 29.2 Å². The average Bonchev–Trinajstić information content (AvgIpc) is 2.89. The zero-order valence-corrected chi connectivity index (χ0v) is 20.6. The molecule has 0 aliphatic rings. The highest BCUT2D eigenvalue weighted by Gasteiger charge is 2.10. The van der Waals surface area contributed by atoms with Crippen molar-refractivity contribution in [2.45, 2.75) is 59.3 Å². The molecule has 0 saturated carbocycles. The van der Waals surface area contributed by atoms with Crippen molar-refractivity contribution in [2.24, 2.45) is 5.92 Å². The van der Waals surface area contributed by atoms with Crippen LogP contribution in [0.2, 0.25) is 0 Å². The first-order chi connectivity index (χ1) is 16.6. The molecular formula is C29H36N2O3. The minimum atomic E-state index is -0.294. The molecular weight excluding hydrogens is 424 g/mol. The lowest BCUT2D eigenvalue weighted by Crippen LogP contribution is -2.11. The highest BCUT2D eigenvalue weighted by atomic mass is 16.5. The van der Waals surface area contributed by atoms with Gasteiger partial charge in [0.25, 0.3) is 0 Å². The smallest absolute Gasteiger partial charge is 0.338 e. The van der Waals surface area contributed by atoms with Crippen molar-refractivity contribution in [3.05, 3.63) is 66.5 Å². The molecule has 0 aliphatic heterocycles. The lowest BCUT2D eigenvalue weighted by Gasteiger charge is -2.10. The molecule has 5 heteroatoms. The number of esters is 1. The first-order valence-electron chi connectivity index (χ1n) is 12.4. The van der Waals surface area contributed by atoms with E-state index in [4.69, 9.17) is 9.47 Å². The van der Waals surface area contributed by atoms with Crippen LogP contribution in [0.1, 0.15) is 69.7 Å². The van der Waals surface area contributed by atoms with Crippen LogP contribution >= 0.6 is 0 Å². The van der Waals surface area contributed by atoms with E-state index in [1.807, 2.05) is 36.4 Å². The van der Waals surface area contributed by atoms with E-state index in [9.17, 15) is 4.79 Å². The van der Waals surface area contributed by atoms with Gasteiger partial charge in [0.2, 0.25) is 0 Å². The van der Waals surface area contributed by atoms with Gasteiger partial charge in [-0.1, -0.05) is 65.0 Å². The van der Waals surface area contributed by atoms with E-state index in [0.29, 0.717) is 18.1 Å². The second-order valence-corrected chi connectivity index (χ2v) is 8.76. The highest BCUT2D eigenvalue weighted by Crippen LogP contribution is 2.23. The summed E-state index contributed by atoms with van der Waals surface area (Å²) < 4.78 is 11.2. The molecule has 0 bridgehead atoms. The summed E-state index contributed by atoms with van der Waals surface area (Å²) in [4.78, 5) is 21.3. The molecule has 3 rings (SSSR count). The Hall–Kier alpha value is -3.21. The van der Waals surface area contributed by atoms with E-state index in [-0.39, 0.29) is 5.97 Å². The van der Waals surface area contributed by atoms with Gasteiger partial charge in [0, 0.05) is 11.1 Å². The van der Waals surface area contributed by atoms with Gasteiger partial charge in [0.1, 0.15) is 5.75 Å². The molecule has 1 aromatic heterocycles. The lowest BCUT2D eigenvalue weighted by atomic mass is 10.1. The van der Waals surface area contributed by atoms with Crippen LogP contribution in [-0.2, 0) is 4.74 Å². The predicted octanol–water partition coefficient (Wildman–Crippen LogP) is 7.36. The zero-order chi connectivity index (χ0) is 24.2. The number of ether oxygens (including phenoxy) is 2. The van der Waals surface area contributed by atoms with Gasteiger partial charge in [-0.05, 0) is 48.7 Å². The second-order valence-electron chi connectivity index (χ2n) is 8.76. The monoisotopic (exact) mass is 460 g/mol. The number of nitrogens with zero attached hydrogens (tertiary/aromatic N) is 2. The van der Waals surface area contributed by atoms with Crippen molar-refractivity contribution in [3.8, 4) is 28.3 Å². The topological polar surface area (TPSA) is 61.3 Å². The molecule has 0 saturated heterocycles.